The molecule has 3 heterocycles. The third-order valence-electron chi connectivity index (χ3n) is 7.58. The van der Waals surface area contributed by atoms with Crippen molar-refractivity contribution < 1.29 is 13.2 Å². The van der Waals surface area contributed by atoms with Crippen LogP contribution in [-0.4, -0.2) is 60.3 Å². The van der Waals surface area contributed by atoms with E-state index in [1.54, 1.807) is 13.1 Å². The molecule has 1 spiro atoms. The fourth-order valence-electron chi connectivity index (χ4n) is 5.68. The molecule has 0 atom stereocenters. The van der Waals surface area contributed by atoms with E-state index in [2.05, 4.69) is 10.00 Å². The second kappa shape index (κ2) is 6.52. The van der Waals surface area contributed by atoms with Gasteiger partial charge in [0.25, 0.3) is 0 Å². The summed E-state index contributed by atoms with van der Waals surface area (Å²) in [5, 5.41) is 4.74. The predicted molar refractivity (Wildman–Crippen MR) is 106 cm³/mol. The van der Waals surface area contributed by atoms with E-state index in [1.165, 1.54) is 4.68 Å². The van der Waals surface area contributed by atoms with Crippen LogP contribution in [0.5, 0.6) is 0 Å². The molecule has 2 N–H and O–H groups in total. The summed E-state index contributed by atoms with van der Waals surface area (Å²) in [5.41, 5.74) is 7.51. The molecular weight excluding hydrogens is 376 g/mol. The van der Waals surface area contributed by atoms with Gasteiger partial charge >= 0.3 is 0 Å². The van der Waals surface area contributed by atoms with E-state index in [0.29, 0.717) is 29.8 Å². The SMILES string of the molecule is Cn1nc(C2CC2)cc1S(=O)(=O)C1(N)CC2(CCN(C3CCOCC3)CC2)C1. The maximum Gasteiger partial charge on any atom is 0.213 e. The number of hydrogen-bond donors (Lipinski definition) is 1. The zero-order valence-electron chi connectivity index (χ0n) is 16.8. The molecule has 0 unspecified atom stereocenters. The van der Waals surface area contributed by atoms with Crippen molar-refractivity contribution in [3.8, 4) is 0 Å². The number of nitrogens with two attached hydrogens (primary N) is 1. The van der Waals surface area contributed by atoms with E-state index in [4.69, 9.17) is 10.5 Å². The Morgan fingerprint density at radius 3 is 2.39 bits per heavy atom. The zero-order valence-corrected chi connectivity index (χ0v) is 17.6. The first kappa shape index (κ1) is 19.0. The van der Waals surface area contributed by atoms with Crippen molar-refractivity contribution in [2.75, 3.05) is 26.3 Å². The van der Waals surface area contributed by atoms with Crippen molar-refractivity contribution in [1.82, 2.24) is 14.7 Å². The van der Waals surface area contributed by atoms with Gasteiger partial charge in [0.1, 0.15) is 4.87 Å². The Morgan fingerprint density at radius 1 is 1.14 bits per heavy atom. The number of sulfone groups is 1. The summed E-state index contributed by atoms with van der Waals surface area (Å²) >= 11 is 0. The maximum absolute atomic E-state index is 13.3. The Kier molecular flexibility index (Phi) is 4.43. The molecular formula is C20H32N4O3S. The minimum absolute atomic E-state index is 0.0986. The Labute approximate surface area is 167 Å². The lowest BCUT2D eigenvalue weighted by molar-refractivity contribution is -0.0327. The highest BCUT2D eigenvalue weighted by atomic mass is 32.2. The van der Waals surface area contributed by atoms with Gasteiger partial charge < -0.3 is 15.4 Å². The van der Waals surface area contributed by atoms with E-state index < -0.39 is 14.7 Å². The van der Waals surface area contributed by atoms with Crippen LogP contribution < -0.4 is 5.73 Å². The highest BCUT2D eigenvalue weighted by Gasteiger charge is 2.60. The highest BCUT2D eigenvalue weighted by molar-refractivity contribution is 7.92. The van der Waals surface area contributed by atoms with Crippen LogP contribution in [0.3, 0.4) is 0 Å². The van der Waals surface area contributed by atoms with Crippen LogP contribution in [-0.2, 0) is 21.6 Å². The molecule has 2 aliphatic carbocycles. The number of aromatic nitrogens is 2. The number of hydrogen-bond acceptors (Lipinski definition) is 6. The lowest BCUT2D eigenvalue weighted by Gasteiger charge is -2.57. The fourth-order valence-corrected chi connectivity index (χ4v) is 7.76. The van der Waals surface area contributed by atoms with Crippen molar-refractivity contribution in [2.45, 2.75) is 73.2 Å². The summed E-state index contributed by atoms with van der Waals surface area (Å²) in [6.45, 7) is 3.84. The first-order valence-corrected chi connectivity index (χ1v) is 12.2. The molecule has 28 heavy (non-hydrogen) atoms. The van der Waals surface area contributed by atoms with Crippen LogP contribution in [0.4, 0.5) is 0 Å². The minimum Gasteiger partial charge on any atom is -0.381 e. The van der Waals surface area contributed by atoms with Gasteiger partial charge in [-0.05, 0) is 75.9 Å². The average Bonchev–Trinajstić information content (AvgIpc) is 3.43. The van der Waals surface area contributed by atoms with Gasteiger partial charge in [-0.25, -0.2) is 8.42 Å². The van der Waals surface area contributed by atoms with Gasteiger partial charge in [-0.2, -0.15) is 5.10 Å². The molecule has 0 aromatic carbocycles. The lowest BCUT2D eigenvalue weighted by atomic mass is 9.60. The van der Waals surface area contributed by atoms with E-state index in [9.17, 15) is 8.42 Å². The number of likely N-dealkylation sites (tertiary alicyclic amines) is 1. The first-order chi connectivity index (χ1) is 13.3. The van der Waals surface area contributed by atoms with Gasteiger partial charge in [-0.1, -0.05) is 0 Å². The monoisotopic (exact) mass is 408 g/mol. The van der Waals surface area contributed by atoms with Crippen LogP contribution in [0.25, 0.3) is 0 Å². The molecule has 2 saturated carbocycles. The van der Waals surface area contributed by atoms with Gasteiger partial charge in [0.15, 0.2) is 5.03 Å². The summed E-state index contributed by atoms with van der Waals surface area (Å²) < 4.78 is 33.7. The molecule has 5 rings (SSSR count). The number of ether oxygens (including phenoxy) is 1. The summed E-state index contributed by atoms with van der Waals surface area (Å²) in [6.07, 6.45) is 7.71. The Hall–Kier alpha value is -0.960. The maximum atomic E-state index is 13.3. The van der Waals surface area contributed by atoms with Crippen molar-refractivity contribution in [3.63, 3.8) is 0 Å². The molecule has 0 radical (unpaired) electrons. The number of aryl methyl sites for hydroxylation is 1. The summed E-state index contributed by atoms with van der Waals surface area (Å²) in [6, 6.07) is 2.40. The molecule has 2 saturated heterocycles. The van der Waals surface area contributed by atoms with Crippen LogP contribution in [0.1, 0.15) is 63.0 Å². The Morgan fingerprint density at radius 2 is 1.79 bits per heavy atom. The van der Waals surface area contributed by atoms with E-state index in [1.807, 2.05) is 0 Å². The summed E-state index contributed by atoms with van der Waals surface area (Å²) in [5.74, 6) is 0.436. The lowest BCUT2D eigenvalue weighted by Crippen LogP contribution is -2.65. The van der Waals surface area contributed by atoms with Crippen molar-refractivity contribution in [2.24, 2.45) is 18.2 Å². The largest absolute Gasteiger partial charge is 0.381 e. The molecule has 4 aliphatic rings. The molecule has 0 amide bonds. The zero-order chi connectivity index (χ0) is 19.6. The van der Waals surface area contributed by atoms with E-state index in [-0.39, 0.29) is 5.41 Å². The molecule has 1 aromatic rings. The standard InChI is InChI=1S/C20H32N4O3S/c1-23-18(12-17(22-23)15-2-3-15)28(25,26)20(21)13-19(14-20)6-8-24(9-7-19)16-4-10-27-11-5-16/h12,15-16H,2-11,13-14,21H2,1H3. The van der Waals surface area contributed by atoms with Gasteiger partial charge in [0.05, 0.1) is 5.69 Å². The number of rotatable bonds is 4. The molecule has 1 aromatic heterocycles. The second-order valence-electron chi connectivity index (χ2n) is 9.61. The van der Waals surface area contributed by atoms with Gasteiger partial charge in [0.2, 0.25) is 9.84 Å². The fraction of sp³-hybridized carbons (Fsp3) is 0.850. The van der Waals surface area contributed by atoms with Crippen LogP contribution >= 0.6 is 0 Å². The third-order valence-corrected chi connectivity index (χ3v) is 9.87. The van der Waals surface area contributed by atoms with E-state index >= 15 is 0 Å². The molecule has 156 valence electrons. The van der Waals surface area contributed by atoms with E-state index in [0.717, 1.165) is 70.5 Å². The molecule has 0 bridgehead atoms. The van der Waals surface area contributed by atoms with Crippen molar-refractivity contribution >= 4 is 9.84 Å². The average molecular weight is 409 g/mol. The molecule has 7 nitrogen and oxygen atoms in total. The highest BCUT2D eigenvalue weighted by Crippen LogP contribution is 2.57. The van der Waals surface area contributed by atoms with Crippen LogP contribution in [0.15, 0.2) is 11.1 Å². The molecule has 2 aliphatic heterocycles. The topological polar surface area (TPSA) is 90.5 Å². The van der Waals surface area contributed by atoms with Crippen molar-refractivity contribution in [1.29, 1.82) is 0 Å². The number of piperidine rings is 1. The Balaban J connectivity index is 1.26. The van der Waals surface area contributed by atoms with Gasteiger partial charge in [0, 0.05) is 32.2 Å². The first-order valence-electron chi connectivity index (χ1n) is 10.7. The quantitative estimate of drug-likeness (QED) is 0.817. The third kappa shape index (κ3) is 3.04. The summed E-state index contributed by atoms with van der Waals surface area (Å²) in [7, 11) is -1.85. The van der Waals surface area contributed by atoms with Gasteiger partial charge in [-0.3, -0.25) is 4.68 Å². The smallest absolute Gasteiger partial charge is 0.213 e. The van der Waals surface area contributed by atoms with Crippen LogP contribution in [0, 0.1) is 5.41 Å². The number of nitrogens with zero attached hydrogens (tertiary/aromatic N) is 3. The van der Waals surface area contributed by atoms with Crippen molar-refractivity contribution in [3.05, 3.63) is 11.8 Å². The molecule has 4 fully saturated rings. The van der Waals surface area contributed by atoms with Gasteiger partial charge in [-0.15, -0.1) is 0 Å². The van der Waals surface area contributed by atoms with Crippen LogP contribution in [0.2, 0.25) is 0 Å². The summed E-state index contributed by atoms with van der Waals surface area (Å²) in [4.78, 5) is 1.45. The normalized spacial score (nSPS) is 28.4. The second-order valence-corrected chi connectivity index (χ2v) is 11.8. The molecule has 8 heteroatoms. The minimum atomic E-state index is -3.58. The Bertz CT molecular complexity index is 839. The predicted octanol–water partition coefficient (Wildman–Crippen LogP) is 1.78.